The van der Waals surface area contributed by atoms with Crippen molar-refractivity contribution in [2.45, 2.75) is 38.5 Å². The molecule has 1 unspecified atom stereocenters. The third-order valence-electron chi connectivity index (χ3n) is 6.14. The van der Waals surface area contributed by atoms with Crippen LogP contribution in [-0.2, 0) is 11.2 Å². The minimum Gasteiger partial charge on any atom is -0.299 e. The average molecular weight is 355 g/mol. The van der Waals surface area contributed by atoms with Crippen LogP contribution in [0.15, 0.2) is 59.1 Å². The van der Waals surface area contributed by atoms with E-state index in [1.54, 1.807) is 0 Å². The summed E-state index contributed by atoms with van der Waals surface area (Å²) in [4.78, 5) is 31.0. The summed E-state index contributed by atoms with van der Waals surface area (Å²) in [5, 5.41) is 0. The van der Waals surface area contributed by atoms with Gasteiger partial charge in [-0.2, -0.15) is 0 Å². The van der Waals surface area contributed by atoms with E-state index >= 15 is 0 Å². The van der Waals surface area contributed by atoms with Gasteiger partial charge in [0.1, 0.15) is 5.78 Å². The van der Waals surface area contributed by atoms with Gasteiger partial charge >= 0.3 is 0 Å². The summed E-state index contributed by atoms with van der Waals surface area (Å²) in [6, 6.07) is 16.1. The molecule has 1 fully saturated rings. The van der Waals surface area contributed by atoms with Gasteiger partial charge in [0.15, 0.2) is 5.78 Å². The summed E-state index contributed by atoms with van der Waals surface area (Å²) < 4.78 is 0. The molecule has 134 valence electrons. The Morgan fingerprint density at radius 2 is 1.67 bits per heavy atom. The Balaban J connectivity index is 1.72. The summed E-state index contributed by atoms with van der Waals surface area (Å²) in [6.45, 7) is 2.13. The van der Waals surface area contributed by atoms with Crippen LogP contribution in [0.25, 0.3) is 5.70 Å². The first-order chi connectivity index (χ1) is 13.2. The van der Waals surface area contributed by atoms with E-state index in [-0.39, 0.29) is 23.4 Å². The molecule has 0 saturated heterocycles. The first-order valence-corrected chi connectivity index (χ1v) is 9.76. The molecule has 1 saturated carbocycles. The molecule has 0 bridgehead atoms. The number of hydrogen-bond acceptors (Lipinski definition) is 3. The van der Waals surface area contributed by atoms with E-state index in [9.17, 15) is 9.59 Å². The van der Waals surface area contributed by atoms with Crippen LogP contribution >= 0.6 is 0 Å². The van der Waals surface area contributed by atoms with Crippen molar-refractivity contribution in [3.8, 4) is 0 Å². The molecular formula is C24H21NO2. The van der Waals surface area contributed by atoms with Gasteiger partial charge in [-0.1, -0.05) is 55.5 Å². The highest BCUT2D eigenvalue weighted by Gasteiger charge is 2.46. The zero-order chi connectivity index (χ0) is 18.5. The quantitative estimate of drug-likeness (QED) is 0.779. The molecule has 27 heavy (non-hydrogen) atoms. The van der Waals surface area contributed by atoms with Gasteiger partial charge in [0, 0.05) is 34.8 Å². The summed E-state index contributed by atoms with van der Waals surface area (Å²) >= 11 is 0. The van der Waals surface area contributed by atoms with Gasteiger partial charge in [0.25, 0.3) is 0 Å². The Bertz CT molecular complexity index is 1030. The normalized spacial score (nSPS) is 23.7. The first kappa shape index (κ1) is 16.4. The fourth-order valence-electron chi connectivity index (χ4n) is 4.77. The van der Waals surface area contributed by atoms with Gasteiger partial charge in [0.05, 0.1) is 11.6 Å². The number of nitrogens with zero attached hydrogens (tertiary/aromatic N) is 1. The van der Waals surface area contributed by atoms with E-state index < -0.39 is 0 Å². The van der Waals surface area contributed by atoms with Crippen LogP contribution in [0.3, 0.4) is 0 Å². The molecular weight excluding hydrogens is 334 g/mol. The molecule has 3 heteroatoms. The van der Waals surface area contributed by atoms with Crippen LogP contribution in [0, 0.1) is 5.92 Å². The molecule has 2 aliphatic carbocycles. The topological polar surface area (TPSA) is 46.5 Å². The van der Waals surface area contributed by atoms with Crippen molar-refractivity contribution in [2.24, 2.45) is 10.9 Å². The van der Waals surface area contributed by atoms with Crippen molar-refractivity contribution < 1.29 is 9.59 Å². The zero-order valence-corrected chi connectivity index (χ0v) is 15.4. The number of carbonyl (C=O) groups excluding carboxylic acids is 2. The molecule has 0 aromatic heterocycles. The van der Waals surface area contributed by atoms with Crippen molar-refractivity contribution in [3.63, 3.8) is 0 Å². The lowest BCUT2D eigenvalue weighted by Crippen LogP contribution is -2.37. The standard InChI is InChI=1S/C24H21NO2/c1-2-14-10-12-15(13-11-14)20-21-18(8-5-9-19(21)26)25-23-16-6-3-4-7-17(16)24(27)22(20)23/h3-4,6-7,10-13,20-21H,2,5,8-9H2,1H3/t20-,21?/m0/s1. The van der Waals surface area contributed by atoms with Crippen molar-refractivity contribution in [3.05, 3.63) is 76.4 Å². The van der Waals surface area contributed by atoms with E-state index in [0.717, 1.165) is 41.8 Å². The van der Waals surface area contributed by atoms with E-state index in [1.165, 1.54) is 5.56 Å². The highest BCUT2D eigenvalue weighted by atomic mass is 16.1. The van der Waals surface area contributed by atoms with Gasteiger partial charge in [-0.05, 0) is 30.4 Å². The lowest BCUT2D eigenvalue weighted by atomic mass is 9.69. The molecule has 2 atom stereocenters. The van der Waals surface area contributed by atoms with Gasteiger partial charge in [-0.3, -0.25) is 14.6 Å². The van der Waals surface area contributed by atoms with Crippen LogP contribution < -0.4 is 0 Å². The number of aryl methyl sites for hydroxylation is 1. The molecule has 2 aromatic carbocycles. The van der Waals surface area contributed by atoms with Crippen LogP contribution in [0.1, 0.15) is 59.2 Å². The summed E-state index contributed by atoms with van der Waals surface area (Å²) in [6.07, 6.45) is 3.25. The molecule has 0 spiro atoms. The fraction of sp³-hybridized carbons (Fsp3) is 0.292. The minimum absolute atomic E-state index is 0.0336. The molecule has 0 N–H and O–H groups in total. The van der Waals surface area contributed by atoms with Crippen LogP contribution in [-0.4, -0.2) is 17.3 Å². The Labute approximate surface area is 158 Å². The molecule has 2 aromatic rings. The van der Waals surface area contributed by atoms with Crippen LogP contribution in [0.5, 0.6) is 0 Å². The lowest BCUT2D eigenvalue weighted by molar-refractivity contribution is -0.121. The largest absolute Gasteiger partial charge is 0.299 e. The third-order valence-corrected chi connectivity index (χ3v) is 6.14. The number of hydrogen-bond donors (Lipinski definition) is 0. The Morgan fingerprint density at radius 1 is 0.926 bits per heavy atom. The molecule has 1 aliphatic heterocycles. The Morgan fingerprint density at radius 3 is 2.41 bits per heavy atom. The molecule has 5 rings (SSSR count). The monoisotopic (exact) mass is 355 g/mol. The Kier molecular flexibility index (Phi) is 3.71. The molecule has 3 aliphatic rings. The predicted octanol–water partition coefficient (Wildman–Crippen LogP) is 4.76. The maximum atomic E-state index is 13.3. The number of carbonyl (C=O) groups is 2. The number of ketones is 2. The Hall–Kier alpha value is -2.81. The smallest absolute Gasteiger partial charge is 0.192 e. The number of benzene rings is 2. The van der Waals surface area contributed by atoms with E-state index in [0.29, 0.717) is 17.6 Å². The van der Waals surface area contributed by atoms with Crippen molar-refractivity contribution in [1.29, 1.82) is 0 Å². The van der Waals surface area contributed by atoms with E-state index in [2.05, 4.69) is 31.2 Å². The lowest BCUT2D eigenvalue weighted by Gasteiger charge is -2.34. The van der Waals surface area contributed by atoms with Gasteiger partial charge < -0.3 is 0 Å². The van der Waals surface area contributed by atoms with Crippen LogP contribution in [0.2, 0.25) is 0 Å². The number of fused-ring (bicyclic) bond motifs is 3. The van der Waals surface area contributed by atoms with Crippen LogP contribution in [0.4, 0.5) is 0 Å². The second kappa shape index (κ2) is 6.12. The van der Waals surface area contributed by atoms with E-state index in [1.807, 2.05) is 24.3 Å². The maximum Gasteiger partial charge on any atom is 0.192 e. The number of aliphatic imine (C=N–C) groups is 1. The minimum atomic E-state index is -0.289. The second-order valence-corrected chi connectivity index (χ2v) is 7.61. The van der Waals surface area contributed by atoms with Gasteiger partial charge in [-0.15, -0.1) is 0 Å². The summed E-state index contributed by atoms with van der Waals surface area (Å²) in [5.74, 6) is -0.249. The summed E-state index contributed by atoms with van der Waals surface area (Å²) in [5.41, 5.74) is 6.40. The number of allylic oxidation sites excluding steroid dienone is 1. The van der Waals surface area contributed by atoms with Crippen molar-refractivity contribution in [2.75, 3.05) is 0 Å². The number of Topliss-reactive ketones (excluding diaryl/α,β-unsaturated/α-hetero) is 2. The highest BCUT2D eigenvalue weighted by molar-refractivity contribution is 6.25. The van der Waals surface area contributed by atoms with Gasteiger partial charge in [0.2, 0.25) is 0 Å². The number of rotatable bonds is 2. The average Bonchev–Trinajstić information content (AvgIpc) is 2.99. The molecule has 0 radical (unpaired) electrons. The molecule has 1 heterocycles. The first-order valence-electron chi connectivity index (χ1n) is 9.76. The van der Waals surface area contributed by atoms with Gasteiger partial charge in [-0.25, -0.2) is 0 Å². The molecule has 0 amide bonds. The zero-order valence-electron chi connectivity index (χ0n) is 15.4. The van der Waals surface area contributed by atoms with Crippen molar-refractivity contribution in [1.82, 2.24) is 0 Å². The SMILES string of the molecule is CCc1ccc([C@@H]2C3=C(N=C4CCCC(=O)C42)c2ccccc2C3=O)cc1. The third kappa shape index (κ3) is 2.38. The highest BCUT2D eigenvalue weighted by Crippen LogP contribution is 2.49. The fourth-order valence-corrected chi connectivity index (χ4v) is 4.77. The predicted molar refractivity (Wildman–Crippen MR) is 106 cm³/mol. The summed E-state index contributed by atoms with van der Waals surface area (Å²) in [7, 11) is 0. The maximum absolute atomic E-state index is 13.3. The second-order valence-electron chi connectivity index (χ2n) is 7.61. The van der Waals surface area contributed by atoms with E-state index in [4.69, 9.17) is 4.99 Å². The van der Waals surface area contributed by atoms with Crippen molar-refractivity contribution >= 4 is 23.0 Å². The molecule has 3 nitrogen and oxygen atoms in total.